The largest absolute Gasteiger partial charge is 0.299 e. The lowest BCUT2D eigenvalue weighted by Crippen LogP contribution is -2.37. The summed E-state index contributed by atoms with van der Waals surface area (Å²) >= 11 is 0. The maximum Gasteiger partial charge on any atom is 0.235 e. The highest BCUT2D eigenvalue weighted by atomic mass is 16.2. The lowest BCUT2D eigenvalue weighted by Gasteiger charge is -2.24. The van der Waals surface area contributed by atoms with Crippen LogP contribution in [0.1, 0.15) is 24.5 Å². The van der Waals surface area contributed by atoms with E-state index in [0.717, 1.165) is 6.54 Å². The van der Waals surface area contributed by atoms with Gasteiger partial charge in [-0.25, -0.2) is 5.84 Å². The van der Waals surface area contributed by atoms with Gasteiger partial charge >= 0.3 is 0 Å². The minimum atomic E-state index is -0.130. The molecule has 4 nitrogen and oxygen atoms in total. The van der Waals surface area contributed by atoms with E-state index in [4.69, 9.17) is 5.84 Å². The van der Waals surface area contributed by atoms with Gasteiger partial charge in [0.1, 0.15) is 0 Å². The Balaban J connectivity index is 2.57. The first-order chi connectivity index (χ1) is 8.04. The van der Waals surface area contributed by atoms with E-state index in [1.807, 2.05) is 26.1 Å². The van der Waals surface area contributed by atoms with Gasteiger partial charge in [-0.05, 0) is 32.0 Å². The second-order valence-electron chi connectivity index (χ2n) is 4.46. The van der Waals surface area contributed by atoms with Crippen LogP contribution in [-0.4, -0.2) is 23.9 Å². The van der Waals surface area contributed by atoms with Crippen LogP contribution in [-0.2, 0) is 11.3 Å². The molecule has 4 heteroatoms. The number of aryl methyl sites for hydroxylation is 1. The minimum absolute atomic E-state index is 0.130. The number of hydrogen-bond acceptors (Lipinski definition) is 3. The Morgan fingerprint density at radius 3 is 2.71 bits per heavy atom. The maximum atomic E-state index is 11.2. The van der Waals surface area contributed by atoms with Crippen LogP contribution in [0.15, 0.2) is 24.3 Å². The van der Waals surface area contributed by atoms with Crippen molar-refractivity contribution in [3.8, 4) is 0 Å². The Morgan fingerprint density at radius 1 is 1.47 bits per heavy atom. The third-order valence-corrected chi connectivity index (χ3v) is 3.08. The van der Waals surface area contributed by atoms with E-state index in [2.05, 4.69) is 29.4 Å². The number of hydrazine groups is 1. The lowest BCUT2D eigenvalue weighted by molar-refractivity contribution is -0.122. The first kappa shape index (κ1) is 13.7. The molecule has 1 atom stereocenters. The van der Waals surface area contributed by atoms with E-state index in [1.54, 1.807) is 0 Å². The van der Waals surface area contributed by atoms with Gasteiger partial charge in [-0.1, -0.05) is 24.3 Å². The van der Waals surface area contributed by atoms with Crippen LogP contribution in [0.4, 0.5) is 0 Å². The highest BCUT2D eigenvalue weighted by Gasteiger charge is 2.13. The summed E-state index contributed by atoms with van der Waals surface area (Å²) in [4.78, 5) is 13.3. The molecule has 0 spiro atoms. The summed E-state index contributed by atoms with van der Waals surface area (Å²) < 4.78 is 0. The number of carbonyl (C=O) groups excluding carboxylic acids is 1. The van der Waals surface area contributed by atoms with Gasteiger partial charge in [0.05, 0.1) is 0 Å². The van der Waals surface area contributed by atoms with Crippen LogP contribution in [0.2, 0.25) is 0 Å². The number of carbonyl (C=O) groups is 1. The Hall–Kier alpha value is -1.39. The first-order valence-electron chi connectivity index (χ1n) is 5.78. The predicted octanol–water partition coefficient (Wildman–Crippen LogP) is 1.20. The van der Waals surface area contributed by atoms with Gasteiger partial charge in [-0.3, -0.25) is 15.1 Å². The Bertz CT molecular complexity index is 379. The molecule has 1 rings (SSSR count). The van der Waals surface area contributed by atoms with Crippen LogP contribution in [0.5, 0.6) is 0 Å². The molecule has 0 fully saturated rings. The molecule has 0 heterocycles. The molecular formula is C13H21N3O. The summed E-state index contributed by atoms with van der Waals surface area (Å²) in [6.45, 7) is 4.96. The Labute approximate surface area is 103 Å². The molecule has 0 aromatic heterocycles. The van der Waals surface area contributed by atoms with Crippen molar-refractivity contribution in [2.75, 3.05) is 7.05 Å². The fourth-order valence-electron chi connectivity index (χ4n) is 1.70. The van der Waals surface area contributed by atoms with E-state index < -0.39 is 0 Å². The van der Waals surface area contributed by atoms with Crippen molar-refractivity contribution in [1.29, 1.82) is 0 Å². The third kappa shape index (κ3) is 4.17. The van der Waals surface area contributed by atoms with Gasteiger partial charge in [-0.15, -0.1) is 0 Å². The van der Waals surface area contributed by atoms with Crippen molar-refractivity contribution in [2.45, 2.75) is 32.9 Å². The molecule has 0 saturated carbocycles. The molecule has 0 bridgehead atoms. The molecule has 1 amide bonds. The molecule has 0 aliphatic carbocycles. The van der Waals surface area contributed by atoms with Crippen LogP contribution < -0.4 is 11.3 Å². The second kappa shape index (κ2) is 6.37. The zero-order valence-electron chi connectivity index (χ0n) is 10.7. The monoisotopic (exact) mass is 235 g/mol. The molecule has 0 aliphatic heterocycles. The summed E-state index contributed by atoms with van der Waals surface area (Å²) in [5.74, 6) is 4.95. The highest BCUT2D eigenvalue weighted by Crippen LogP contribution is 2.12. The average Bonchev–Trinajstić information content (AvgIpc) is 2.31. The topological polar surface area (TPSA) is 58.4 Å². The van der Waals surface area contributed by atoms with Gasteiger partial charge in [0.25, 0.3) is 0 Å². The molecule has 3 N–H and O–H groups in total. The van der Waals surface area contributed by atoms with Gasteiger partial charge in [0, 0.05) is 19.0 Å². The molecule has 0 saturated heterocycles. The van der Waals surface area contributed by atoms with E-state index in [1.165, 1.54) is 11.1 Å². The number of hydrogen-bond donors (Lipinski definition) is 2. The standard InChI is InChI=1S/C13H21N3O/c1-10-6-4-5-7-12(10)9-16(3)11(2)8-13(17)15-14/h4-7,11H,8-9,14H2,1-3H3,(H,15,17). The van der Waals surface area contributed by atoms with Gasteiger partial charge in [0.15, 0.2) is 0 Å². The SMILES string of the molecule is Cc1ccccc1CN(C)C(C)CC(=O)NN. The summed E-state index contributed by atoms with van der Waals surface area (Å²) in [5.41, 5.74) is 4.72. The summed E-state index contributed by atoms with van der Waals surface area (Å²) in [7, 11) is 2.01. The predicted molar refractivity (Wildman–Crippen MR) is 69.1 cm³/mol. The smallest absolute Gasteiger partial charge is 0.235 e. The molecule has 94 valence electrons. The normalized spacial score (nSPS) is 12.5. The van der Waals surface area contributed by atoms with E-state index in [-0.39, 0.29) is 11.9 Å². The lowest BCUT2D eigenvalue weighted by atomic mass is 10.1. The Kier molecular flexibility index (Phi) is 5.12. The fraction of sp³-hybridized carbons (Fsp3) is 0.462. The molecule has 1 aromatic rings. The molecule has 1 aromatic carbocycles. The second-order valence-corrected chi connectivity index (χ2v) is 4.46. The molecule has 1 unspecified atom stereocenters. The third-order valence-electron chi connectivity index (χ3n) is 3.08. The maximum absolute atomic E-state index is 11.2. The molecule has 0 radical (unpaired) electrons. The number of nitrogens with zero attached hydrogens (tertiary/aromatic N) is 1. The number of rotatable bonds is 5. The van der Waals surface area contributed by atoms with Gasteiger partial charge in [0.2, 0.25) is 5.91 Å². The van der Waals surface area contributed by atoms with Gasteiger partial charge < -0.3 is 0 Å². The summed E-state index contributed by atoms with van der Waals surface area (Å²) in [6.07, 6.45) is 0.416. The quantitative estimate of drug-likeness (QED) is 0.458. The zero-order chi connectivity index (χ0) is 12.8. The van der Waals surface area contributed by atoms with Crippen molar-refractivity contribution in [2.24, 2.45) is 5.84 Å². The van der Waals surface area contributed by atoms with Crippen LogP contribution in [0.25, 0.3) is 0 Å². The number of nitrogens with one attached hydrogen (secondary N) is 1. The molecular weight excluding hydrogens is 214 g/mol. The van der Waals surface area contributed by atoms with Crippen LogP contribution in [0.3, 0.4) is 0 Å². The molecule has 17 heavy (non-hydrogen) atoms. The van der Waals surface area contributed by atoms with E-state index in [0.29, 0.717) is 6.42 Å². The highest BCUT2D eigenvalue weighted by molar-refractivity contribution is 5.75. The van der Waals surface area contributed by atoms with Crippen LogP contribution >= 0.6 is 0 Å². The van der Waals surface area contributed by atoms with Crippen molar-refractivity contribution in [3.63, 3.8) is 0 Å². The zero-order valence-corrected chi connectivity index (χ0v) is 10.7. The Morgan fingerprint density at radius 2 is 2.12 bits per heavy atom. The average molecular weight is 235 g/mol. The van der Waals surface area contributed by atoms with Crippen molar-refractivity contribution >= 4 is 5.91 Å². The van der Waals surface area contributed by atoms with Gasteiger partial charge in [-0.2, -0.15) is 0 Å². The summed E-state index contributed by atoms with van der Waals surface area (Å²) in [6, 6.07) is 8.44. The fourth-order valence-corrected chi connectivity index (χ4v) is 1.70. The van der Waals surface area contributed by atoms with Crippen molar-refractivity contribution in [1.82, 2.24) is 10.3 Å². The number of nitrogens with two attached hydrogens (primary N) is 1. The van der Waals surface area contributed by atoms with E-state index >= 15 is 0 Å². The van der Waals surface area contributed by atoms with Crippen molar-refractivity contribution < 1.29 is 4.79 Å². The number of amides is 1. The minimum Gasteiger partial charge on any atom is -0.299 e. The molecule has 0 aliphatic rings. The van der Waals surface area contributed by atoms with Crippen LogP contribution in [0, 0.1) is 6.92 Å². The summed E-state index contributed by atoms with van der Waals surface area (Å²) in [5, 5.41) is 0. The number of benzene rings is 1. The van der Waals surface area contributed by atoms with Crippen molar-refractivity contribution in [3.05, 3.63) is 35.4 Å². The van der Waals surface area contributed by atoms with E-state index in [9.17, 15) is 4.79 Å². The first-order valence-corrected chi connectivity index (χ1v) is 5.78.